The van der Waals surface area contributed by atoms with Crippen LogP contribution < -0.4 is 10.9 Å². The SMILES string of the molecule is O=C1C=Cc2cc(S(=O)(=O)O)ccc2/C1=N\Nc1ccc2c(c1)C(=O)/C(=N\Nc1ccc(N=Nc3ccc(N=Nc4cc(S(=O)(=O)O)c5cccc(S(=O)(=O)O)c5c4)c4ccccc34)c3ccc(S(=O)(=O)O)cc13)C(S(=O)(=O)O)=C2. The number of fused-ring (bicyclic) bond motifs is 5. The second-order valence-corrected chi connectivity index (χ2v) is 24.3. The highest BCUT2D eigenvalue weighted by Crippen LogP contribution is 2.40. The van der Waals surface area contributed by atoms with Crippen LogP contribution in [0.2, 0.25) is 0 Å². The van der Waals surface area contributed by atoms with Gasteiger partial charge < -0.3 is 0 Å². The quantitative estimate of drug-likeness (QED) is 0.0321. The van der Waals surface area contributed by atoms with Gasteiger partial charge >= 0.3 is 0 Å². The van der Waals surface area contributed by atoms with Crippen LogP contribution in [-0.4, -0.2) is 87.8 Å². The molecule has 404 valence electrons. The molecule has 0 radical (unpaired) electrons. The van der Waals surface area contributed by atoms with Crippen molar-refractivity contribution in [3.8, 4) is 0 Å². The number of hydrazone groups is 2. The van der Waals surface area contributed by atoms with Crippen LogP contribution in [0.1, 0.15) is 27.0 Å². The van der Waals surface area contributed by atoms with Crippen LogP contribution in [0.25, 0.3) is 44.5 Å². The van der Waals surface area contributed by atoms with E-state index in [1.165, 1.54) is 72.8 Å². The molecule has 80 heavy (non-hydrogen) atoms. The minimum Gasteiger partial charge on any atom is -0.287 e. The van der Waals surface area contributed by atoms with Gasteiger partial charge in [0.25, 0.3) is 50.6 Å². The van der Waals surface area contributed by atoms with Gasteiger partial charge in [0.15, 0.2) is 5.71 Å². The summed E-state index contributed by atoms with van der Waals surface area (Å²) in [6.45, 7) is 0. The standard InChI is InChI=1S/C50H32N8O17S5/c59-44-19-9-26-20-30(76(61,62)63)11-13-32(26)48(44)57-51-28-10-8-27-21-47(80(73,74)75)49(50(60)37(27)22-28)58-56-43-18-17-42(35-14-12-31(25-38(35)43)77(64,65)66)55-54-41-16-15-40(33-4-1-2-5-34(33)41)53-52-29-23-39-36(46(24-29)79(70,71)72)6-3-7-45(39)78(67,68)69/h1-25,51,56H,(H,61,62,63)(H,64,65,66)(H,67,68,69)(H,70,71,72)(H,73,74,75)/b53-52?,55-54?,57-48+,58-49-. The van der Waals surface area contributed by atoms with Crippen molar-refractivity contribution in [3.63, 3.8) is 0 Å². The van der Waals surface area contributed by atoms with E-state index in [1.807, 2.05) is 0 Å². The molecule has 0 saturated carbocycles. The lowest BCUT2D eigenvalue weighted by Crippen LogP contribution is -2.27. The molecule has 0 aliphatic heterocycles. The predicted molar refractivity (Wildman–Crippen MR) is 291 cm³/mol. The van der Waals surface area contributed by atoms with Gasteiger partial charge in [0.05, 0.1) is 43.9 Å². The average molecular weight is 1180 g/mol. The van der Waals surface area contributed by atoms with Gasteiger partial charge in [-0.2, -0.15) is 57.4 Å². The molecule has 0 saturated heterocycles. The summed E-state index contributed by atoms with van der Waals surface area (Å²) in [6.07, 6.45) is 3.42. The van der Waals surface area contributed by atoms with E-state index in [0.717, 1.165) is 54.6 Å². The molecule has 0 bridgehead atoms. The van der Waals surface area contributed by atoms with E-state index in [2.05, 4.69) is 41.5 Å². The van der Waals surface area contributed by atoms with Gasteiger partial charge in [-0.05, 0) is 102 Å². The summed E-state index contributed by atoms with van der Waals surface area (Å²) in [4.78, 5) is 23.7. The normalized spacial score (nSPS) is 15.3. The molecule has 25 nitrogen and oxygen atoms in total. The number of hydrogen-bond acceptors (Lipinski definition) is 20. The first-order chi connectivity index (χ1) is 37.6. The van der Waals surface area contributed by atoms with Gasteiger partial charge in [-0.15, -0.1) is 15.3 Å². The molecule has 0 spiro atoms. The number of anilines is 2. The Hall–Kier alpha value is -8.95. The van der Waals surface area contributed by atoms with E-state index in [0.29, 0.717) is 10.8 Å². The van der Waals surface area contributed by atoms with Crippen molar-refractivity contribution in [1.82, 2.24) is 0 Å². The van der Waals surface area contributed by atoms with Crippen molar-refractivity contribution in [2.45, 2.75) is 19.6 Å². The highest BCUT2D eigenvalue weighted by molar-refractivity contribution is 7.91. The third kappa shape index (κ3) is 10.8. The number of nitrogens with one attached hydrogen (secondary N) is 2. The second kappa shape index (κ2) is 20.1. The molecule has 8 aromatic rings. The molecule has 0 heterocycles. The predicted octanol–water partition coefficient (Wildman–Crippen LogP) is 9.27. The molecular formula is C50H32N8O17S5. The highest BCUT2D eigenvalue weighted by Gasteiger charge is 2.34. The fourth-order valence-electron chi connectivity index (χ4n) is 8.61. The maximum Gasteiger partial charge on any atom is 0.296 e. The Morgan fingerprint density at radius 3 is 1.62 bits per heavy atom. The van der Waals surface area contributed by atoms with Crippen LogP contribution >= 0.6 is 0 Å². The first-order valence-electron chi connectivity index (χ1n) is 22.4. The zero-order valence-corrected chi connectivity index (χ0v) is 43.9. The van der Waals surface area contributed by atoms with Crippen molar-refractivity contribution in [2.75, 3.05) is 10.9 Å². The number of allylic oxidation sites excluding steroid dienone is 2. The molecule has 2 aliphatic carbocycles. The van der Waals surface area contributed by atoms with Gasteiger partial charge in [0, 0.05) is 43.4 Å². The lowest BCUT2D eigenvalue weighted by Gasteiger charge is -2.18. The monoisotopic (exact) mass is 1180 g/mol. The molecule has 0 amide bonds. The van der Waals surface area contributed by atoms with Crippen molar-refractivity contribution in [3.05, 3.63) is 167 Å². The zero-order valence-electron chi connectivity index (χ0n) is 39.8. The molecule has 2 aliphatic rings. The molecule has 0 fully saturated rings. The Labute approximate surface area is 451 Å². The fraction of sp³-hybridized carbons (Fsp3) is 0. The summed E-state index contributed by atoms with van der Waals surface area (Å²) >= 11 is 0. The third-order valence-electron chi connectivity index (χ3n) is 12.3. The van der Waals surface area contributed by atoms with Gasteiger partial charge in [-0.25, -0.2) is 0 Å². The van der Waals surface area contributed by atoms with Crippen molar-refractivity contribution < 1.29 is 74.4 Å². The zero-order chi connectivity index (χ0) is 57.3. The van der Waals surface area contributed by atoms with Crippen molar-refractivity contribution >= 4 is 152 Å². The summed E-state index contributed by atoms with van der Waals surface area (Å²) in [5.41, 5.74) is 4.88. The van der Waals surface area contributed by atoms with Crippen LogP contribution in [-0.2, 0) is 55.4 Å². The van der Waals surface area contributed by atoms with Gasteiger partial charge in [0.2, 0.25) is 11.6 Å². The molecule has 0 aromatic heterocycles. The Bertz CT molecular complexity index is 4910. The summed E-state index contributed by atoms with van der Waals surface area (Å²) in [5, 5.41) is 26.0. The third-order valence-corrected chi connectivity index (χ3v) is 16.6. The van der Waals surface area contributed by atoms with Gasteiger partial charge in [0.1, 0.15) is 20.4 Å². The topological polar surface area (TPSA) is 404 Å². The molecule has 30 heteroatoms. The number of azo groups is 2. The summed E-state index contributed by atoms with van der Waals surface area (Å²) in [7, 11) is -24.4. The van der Waals surface area contributed by atoms with E-state index < -0.39 is 92.4 Å². The number of benzene rings is 8. The molecule has 8 aromatic carbocycles. The number of ketones is 2. The Kier molecular flexibility index (Phi) is 13.6. The minimum atomic E-state index is -5.17. The van der Waals surface area contributed by atoms with Crippen molar-refractivity contribution in [2.24, 2.45) is 30.7 Å². The lowest BCUT2D eigenvalue weighted by atomic mass is 9.94. The van der Waals surface area contributed by atoms with Crippen molar-refractivity contribution in [1.29, 1.82) is 0 Å². The number of carbonyl (C=O) groups excluding carboxylic acids is 2. The Morgan fingerprint density at radius 2 is 0.988 bits per heavy atom. The number of nitrogens with zero attached hydrogens (tertiary/aromatic N) is 6. The molecule has 7 N–H and O–H groups in total. The van der Waals surface area contributed by atoms with Crippen LogP contribution in [0.4, 0.5) is 34.1 Å². The summed E-state index contributed by atoms with van der Waals surface area (Å²) in [5.74, 6) is -1.62. The smallest absolute Gasteiger partial charge is 0.287 e. The fourth-order valence-corrected chi connectivity index (χ4v) is 11.7. The first-order valence-corrected chi connectivity index (χ1v) is 29.6. The number of hydrogen-bond donors (Lipinski definition) is 7. The highest BCUT2D eigenvalue weighted by atomic mass is 32.2. The van der Waals surface area contributed by atoms with Crippen LogP contribution in [0.3, 0.4) is 0 Å². The van der Waals surface area contributed by atoms with Crippen LogP contribution in [0.5, 0.6) is 0 Å². The maximum absolute atomic E-state index is 14.2. The Morgan fingerprint density at radius 1 is 0.400 bits per heavy atom. The number of carbonyl (C=O) groups is 2. The minimum absolute atomic E-state index is 0.00868. The summed E-state index contributed by atoms with van der Waals surface area (Å²) in [6, 6.07) is 28.7. The molecule has 10 rings (SSSR count). The van der Waals surface area contributed by atoms with Crippen LogP contribution in [0.15, 0.2) is 195 Å². The molecule has 0 atom stereocenters. The lowest BCUT2D eigenvalue weighted by molar-refractivity contribution is -0.108. The number of Topliss-reactive ketones (excluding diaryl/α,β-unsaturated/α-hetero) is 1. The Balaban J connectivity index is 0.971. The molecular weight excluding hydrogens is 1140 g/mol. The van der Waals surface area contributed by atoms with Gasteiger partial charge in [-0.3, -0.25) is 43.2 Å². The first kappa shape index (κ1) is 54.4. The van der Waals surface area contributed by atoms with E-state index in [9.17, 15) is 74.4 Å². The largest absolute Gasteiger partial charge is 0.296 e. The van der Waals surface area contributed by atoms with E-state index in [-0.39, 0.29) is 83.6 Å². The maximum atomic E-state index is 14.2. The number of rotatable bonds is 13. The summed E-state index contributed by atoms with van der Waals surface area (Å²) < 4.78 is 173. The average Bonchev–Trinajstić information content (AvgIpc) is 3.42. The second-order valence-electron chi connectivity index (χ2n) is 17.3. The van der Waals surface area contributed by atoms with Gasteiger partial charge in [-0.1, -0.05) is 60.7 Å². The molecule has 0 unspecified atom stereocenters. The van der Waals surface area contributed by atoms with E-state index in [4.69, 9.17) is 0 Å². The van der Waals surface area contributed by atoms with E-state index >= 15 is 0 Å². The van der Waals surface area contributed by atoms with E-state index in [1.54, 1.807) is 24.3 Å². The van der Waals surface area contributed by atoms with Crippen LogP contribution in [0, 0.1) is 0 Å².